The summed E-state index contributed by atoms with van der Waals surface area (Å²) in [5.74, 6) is -4.96. The fourth-order valence-corrected chi connectivity index (χ4v) is 0.971. The molecule has 0 rings (SSSR count). The van der Waals surface area contributed by atoms with Crippen LogP contribution in [0.1, 0.15) is 106 Å². The van der Waals surface area contributed by atoms with Gasteiger partial charge in [-0.25, -0.2) is 4.79 Å². The van der Waals surface area contributed by atoms with Gasteiger partial charge in [0.25, 0.3) is 0 Å². The SMILES string of the molecule is C.C.C.C.C.C.C=CC(=O)OCCOC(C)CC.CC(F)(F)C(F)(F)F.CCF.CCOC(C)CC. The van der Waals surface area contributed by atoms with Crippen LogP contribution in [0.15, 0.2) is 12.7 Å². The molecule has 4 nitrogen and oxygen atoms in total. The van der Waals surface area contributed by atoms with E-state index in [1.54, 1.807) is 0 Å². The number of alkyl halides is 6. The Hall–Kier alpha value is -1.29. The third-order valence-electron chi connectivity index (χ3n) is 3.00. The highest BCUT2D eigenvalue weighted by molar-refractivity contribution is 5.81. The van der Waals surface area contributed by atoms with Crippen LogP contribution in [0.4, 0.5) is 26.3 Å². The number of hydrogen-bond acceptors (Lipinski definition) is 4. The second kappa shape index (κ2) is 40.9. The van der Waals surface area contributed by atoms with Crippen molar-refractivity contribution in [2.24, 2.45) is 0 Å². The lowest BCUT2D eigenvalue weighted by Gasteiger charge is -2.12. The summed E-state index contributed by atoms with van der Waals surface area (Å²) in [5, 5.41) is 0. The highest BCUT2D eigenvalue weighted by Gasteiger charge is 2.53. The lowest BCUT2D eigenvalue weighted by atomic mass is 10.3. The molecule has 0 saturated carbocycles. The predicted octanol–water partition coefficient (Wildman–Crippen LogP) is 10.3. The normalized spacial score (nSPS) is 10.5. The molecule has 10 heteroatoms. The first kappa shape index (κ1) is 64.6. The summed E-state index contributed by atoms with van der Waals surface area (Å²) in [7, 11) is 0. The first-order chi connectivity index (χ1) is 13.7. The van der Waals surface area contributed by atoms with Crippen LogP contribution < -0.4 is 0 Å². The molecule has 0 aliphatic rings. The van der Waals surface area contributed by atoms with Gasteiger partial charge in [0.15, 0.2) is 0 Å². The molecule has 0 spiro atoms. The smallest absolute Gasteiger partial charge is 0.452 e. The van der Waals surface area contributed by atoms with Gasteiger partial charge < -0.3 is 14.2 Å². The van der Waals surface area contributed by atoms with E-state index in [2.05, 4.69) is 20.4 Å². The number of carbonyl (C=O) groups excluding carboxylic acids is 1. The molecule has 0 radical (unpaired) electrons. The molecule has 0 aromatic rings. The van der Waals surface area contributed by atoms with Gasteiger partial charge in [-0.15, -0.1) is 0 Å². The Balaban J connectivity index is -0.0000000317. The highest BCUT2D eigenvalue weighted by Crippen LogP contribution is 2.34. The average molecular weight is 553 g/mol. The van der Waals surface area contributed by atoms with Crippen molar-refractivity contribution in [1.29, 1.82) is 0 Å². The fourth-order valence-electron chi connectivity index (χ4n) is 0.971. The largest absolute Gasteiger partial charge is 0.460 e. The number of carbonyl (C=O) groups is 1. The number of halogens is 6. The Morgan fingerprint density at radius 3 is 1.31 bits per heavy atom. The topological polar surface area (TPSA) is 44.8 Å². The van der Waals surface area contributed by atoms with Crippen LogP contribution in [-0.2, 0) is 19.0 Å². The molecule has 0 heterocycles. The van der Waals surface area contributed by atoms with Crippen LogP contribution in [0.2, 0.25) is 0 Å². The molecule has 0 amide bonds. The van der Waals surface area contributed by atoms with Gasteiger partial charge in [0.05, 0.1) is 25.5 Å². The van der Waals surface area contributed by atoms with E-state index in [1.807, 2.05) is 20.8 Å². The van der Waals surface area contributed by atoms with Crippen molar-refractivity contribution < 1.29 is 45.3 Å². The molecule has 36 heavy (non-hydrogen) atoms. The fraction of sp³-hybridized carbons (Fsp3) is 0.885. The Bertz CT molecular complexity index is 376. The maximum atomic E-state index is 11.1. The number of rotatable bonds is 9. The monoisotopic (exact) mass is 552 g/mol. The van der Waals surface area contributed by atoms with Gasteiger partial charge >= 0.3 is 18.1 Å². The minimum Gasteiger partial charge on any atom is -0.460 e. The lowest BCUT2D eigenvalue weighted by Crippen LogP contribution is -2.32. The van der Waals surface area contributed by atoms with E-state index in [9.17, 15) is 31.1 Å². The Kier molecular flexibility index (Phi) is 73.3. The molecule has 0 aliphatic heterocycles. The van der Waals surface area contributed by atoms with Crippen molar-refractivity contribution in [1.82, 2.24) is 0 Å². The Morgan fingerprint density at radius 1 is 0.806 bits per heavy atom. The van der Waals surface area contributed by atoms with Crippen molar-refractivity contribution >= 4 is 5.97 Å². The molecule has 2 atom stereocenters. The van der Waals surface area contributed by atoms with Gasteiger partial charge in [0.2, 0.25) is 0 Å². The van der Waals surface area contributed by atoms with Gasteiger partial charge in [-0.2, -0.15) is 22.0 Å². The third kappa shape index (κ3) is 58.5. The summed E-state index contributed by atoms with van der Waals surface area (Å²) in [4.78, 5) is 10.5. The molecule has 2 unspecified atom stereocenters. The van der Waals surface area contributed by atoms with Gasteiger partial charge in [-0.3, -0.25) is 4.39 Å². The van der Waals surface area contributed by atoms with Crippen LogP contribution in [0.25, 0.3) is 0 Å². The van der Waals surface area contributed by atoms with E-state index in [4.69, 9.17) is 14.2 Å². The van der Waals surface area contributed by atoms with E-state index in [-0.39, 0.29) is 64.3 Å². The quantitative estimate of drug-likeness (QED) is 0.123. The van der Waals surface area contributed by atoms with Gasteiger partial charge in [0, 0.05) is 19.6 Å². The standard InChI is InChI=1S/C9H16O3.C6H14O.C3H3F5.C2H5F.6CH4/c1-4-8(3)11-6-7-12-9(10)5-2;1-4-6(3)7-5-2;1-2(4,5)3(6,7)8;1-2-3;;;;;;/h5,8H,2,4,6-7H2,1,3H3;6H,4-5H2,1-3H3;1H3;2H2,1H3;6*1H4. The average Bonchev–Trinajstić information content (AvgIpc) is 2.65. The van der Waals surface area contributed by atoms with E-state index in [1.165, 1.54) is 6.92 Å². The molecule has 0 aromatic carbocycles. The second-order valence-corrected chi connectivity index (χ2v) is 5.79. The van der Waals surface area contributed by atoms with Crippen LogP contribution >= 0.6 is 0 Å². The number of ether oxygens (including phenoxy) is 3. The third-order valence-corrected chi connectivity index (χ3v) is 3.00. The number of hydrogen-bond donors (Lipinski definition) is 0. The van der Waals surface area contributed by atoms with Crippen LogP contribution in [0, 0.1) is 0 Å². The summed E-state index contributed by atoms with van der Waals surface area (Å²) in [5.41, 5.74) is 0. The summed E-state index contributed by atoms with van der Waals surface area (Å²) in [6.07, 6.45) is -1.49. The lowest BCUT2D eigenvalue weighted by molar-refractivity contribution is -0.273. The molecule has 232 valence electrons. The van der Waals surface area contributed by atoms with Gasteiger partial charge in [0.1, 0.15) is 6.61 Å². The molecule has 0 saturated heterocycles. The Morgan fingerprint density at radius 2 is 1.11 bits per heavy atom. The second-order valence-electron chi connectivity index (χ2n) is 5.79. The van der Waals surface area contributed by atoms with Crippen LogP contribution in [0.3, 0.4) is 0 Å². The zero-order chi connectivity index (χ0) is 24.8. The van der Waals surface area contributed by atoms with Gasteiger partial charge in [-0.1, -0.05) is 65.0 Å². The first-order valence-corrected chi connectivity index (χ1v) is 9.70. The van der Waals surface area contributed by atoms with Gasteiger partial charge in [-0.05, 0) is 40.5 Å². The van der Waals surface area contributed by atoms with E-state index in [0.717, 1.165) is 25.5 Å². The minimum absolute atomic E-state index is 0. The summed E-state index contributed by atoms with van der Waals surface area (Å²) >= 11 is 0. The molecule has 0 aliphatic carbocycles. The van der Waals surface area contributed by atoms with Crippen molar-refractivity contribution in [3.8, 4) is 0 Å². The van der Waals surface area contributed by atoms with Crippen molar-refractivity contribution in [2.45, 2.75) is 130 Å². The van der Waals surface area contributed by atoms with Crippen LogP contribution in [-0.4, -0.2) is 56.8 Å². The first-order valence-electron chi connectivity index (χ1n) is 9.70. The van der Waals surface area contributed by atoms with Crippen LogP contribution in [0.5, 0.6) is 0 Å². The van der Waals surface area contributed by atoms with Crippen molar-refractivity contribution in [3.63, 3.8) is 0 Å². The zero-order valence-corrected chi connectivity index (χ0v) is 19.1. The van der Waals surface area contributed by atoms with Crippen molar-refractivity contribution in [3.05, 3.63) is 12.7 Å². The maximum absolute atomic E-state index is 11.1. The predicted molar refractivity (Wildman–Crippen MR) is 147 cm³/mol. The molecule has 0 aromatic heterocycles. The maximum Gasteiger partial charge on any atom is 0.452 e. The van der Waals surface area contributed by atoms with E-state index in [0.29, 0.717) is 19.3 Å². The highest BCUT2D eigenvalue weighted by atomic mass is 19.4. The number of esters is 1. The molecular formula is C26H62F6O4. The molecule has 0 bridgehead atoms. The van der Waals surface area contributed by atoms with E-state index < -0.39 is 18.1 Å². The molecule has 0 N–H and O–H groups in total. The Labute approximate surface area is 221 Å². The van der Waals surface area contributed by atoms with E-state index >= 15 is 0 Å². The molecule has 0 fully saturated rings. The minimum atomic E-state index is -5.40. The summed E-state index contributed by atoms with van der Waals surface area (Å²) < 4.78 is 80.1. The summed E-state index contributed by atoms with van der Waals surface area (Å²) in [6, 6.07) is 0. The zero-order valence-electron chi connectivity index (χ0n) is 19.1. The van der Waals surface area contributed by atoms with Crippen molar-refractivity contribution in [2.75, 3.05) is 26.5 Å². The molecular weight excluding hydrogens is 490 g/mol. The summed E-state index contributed by atoms with van der Waals surface area (Å²) in [6.45, 7) is 16.1.